The van der Waals surface area contributed by atoms with Crippen molar-refractivity contribution in [3.8, 4) is 17.1 Å². The molecule has 0 aliphatic heterocycles. The lowest BCUT2D eigenvalue weighted by Gasteiger charge is -2.32. The maximum Gasteiger partial charge on any atom is 0.257 e. The molecule has 0 aromatic carbocycles. The van der Waals surface area contributed by atoms with Crippen LogP contribution in [0, 0.1) is 0 Å². The zero-order chi connectivity index (χ0) is 23.3. The van der Waals surface area contributed by atoms with Crippen molar-refractivity contribution in [1.82, 2.24) is 29.5 Å². The van der Waals surface area contributed by atoms with E-state index >= 15 is 0 Å². The molecule has 4 heterocycles. The molecule has 4 aromatic rings. The van der Waals surface area contributed by atoms with E-state index in [9.17, 15) is 9.90 Å². The van der Waals surface area contributed by atoms with Gasteiger partial charge in [-0.15, -0.1) is 0 Å². The van der Waals surface area contributed by atoms with Crippen molar-refractivity contribution in [1.29, 1.82) is 0 Å². The van der Waals surface area contributed by atoms with Crippen molar-refractivity contribution >= 4 is 28.4 Å². The average molecular weight is 450 g/mol. The van der Waals surface area contributed by atoms with Crippen molar-refractivity contribution in [2.45, 2.75) is 44.9 Å². The largest absolute Gasteiger partial charge is 0.481 e. The molecule has 0 saturated heterocycles. The number of nitrogens with one attached hydrogen (secondary N) is 2. The number of methoxy groups -OCH3 is 1. The molecule has 1 fully saturated rings. The van der Waals surface area contributed by atoms with E-state index in [4.69, 9.17) is 9.72 Å². The predicted molar refractivity (Wildman–Crippen MR) is 125 cm³/mol. The molecule has 1 unspecified atom stereocenters. The first-order valence-corrected chi connectivity index (χ1v) is 11.0. The summed E-state index contributed by atoms with van der Waals surface area (Å²) >= 11 is 0. The molecule has 1 aliphatic carbocycles. The number of aliphatic hydroxyl groups is 1. The molecule has 0 radical (unpaired) electrons. The van der Waals surface area contributed by atoms with E-state index in [1.165, 1.54) is 6.20 Å². The van der Waals surface area contributed by atoms with Gasteiger partial charge in [0.25, 0.3) is 5.91 Å². The molecule has 10 heteroatoms. The third-order valence-electron chi connectivity index (χ3n) is 6.22. The maximum atomic E-state index is 12.9. The first-order chi connectivity index (χ1) is 15.9. The number of fused-ring (bicyclic) bond motifs is 2. The van der Waals surface area contributed by atoms with E-state index < -0.39 is 6.10 Å². The van der Waals surface area contributed by atoms with E-state index in [1.807, 2.05) is 24.4 Å². The van der Waals surface area contributed by atoms with Gasteiger partial charge in [-0.3, -0.25) is 4.79 Å². The highest BCUT2D eigenvalue weighted by molar-refractivity contribution is 6.01. The number of anilines is 1. The van der Waals surface area contributed by atoms with Crippen LogP contribution < -0.4 is 15.4 Å². The van der Waals surface area contributed by atoms with Crippen LogP contribution in [0.25, 0.3) is 27.9 Å². The number of carbonyl (C=O) groups excluding carboxylic acids is 1. The Morgan fingerprint density at radius 2 is 2.06 bits per heavy atom. The smallest absolute Gasteiger partial charge is 0.257 e. The monoisotopic (exact) mass is 449 g/mol. The van der Waals surface area contributed by atoms with Crippen molar-refractivity contribution in [3.63, 3.8) is 0 Å². The van der Waals surface area contributed by atoms with Crippen LogP contribution in [0.15, 0.2) is 30.6 Å². The van der Waals surface area contributed by atoms with Crippen LogP contribution in [0.4, 0.5) is 5.82 Å². The minimum Gasteiger partial charge on any atom is -0.481 e. The normalized spacial score (nSPS) is 18.0. The summed E-state index contributed by atoms with van der Waals surface area (Å²) in [4.78, 5) is 22.4. The van der Waals surface area contributed by atoms with E-state index in [0.717, 1.165) is 23.0 Å². The zero-order valence-corrected chi connectivity index (χ0v) is 19.0. The maximum absolute atomic E-state index is 12.9. The predicted octanol–water partition coefficient (Wildman–Crippen LogP) is 2.63. The second kappa shape index (κ2) is 8.04. The highest BCUT2D eigenvalue weighted by Crippen LogP contribution is 2.33. The Labute approximate surface area is 190 Å². The second-order valence-electron chi connectivity index (χ2n) is 8.56. The summed E-state index contributed by atoms with van der Waals surface area (Å²) in [5, 5.41) is 21.2. The Hall–Kier alpha value is -3.66. The molecule has 5 rings (SSSR count). The van der Waals surface area contributed by atoms with Gasteiger partial charge in [-0.25, -0.2) is 4.98 Å². The van der Waals surface area contributed by atoms with Crippen molar-refractivity contribution in [3.05, 3.63) is 36.2 Å². The second-order valence-corrected chi connectivity index (χ2v) is 8.56. The summed E-state index contributed by atoms with van der Waals surface area (Å²) in [5.41, 5.74) is 3.20. The summed E-state index contributed by atoms with van der Waals surface area (Å²) in [6, 6.07) is 5.65. The summed E-state index contributed by atoms with van der Waals surface area (Å²) in [5.74, 6) is 0.947. The Balaban J connectivity index is 1.66. The standard InChI is InChI=1S/C23H27N7O3/c1-12(2)29-11-15(13-5-8-20(33-4)28-21(13)29)17-9-19(24-3)30-22(26-17)14(10-25-30)23(32)27-16-6-7-18(16)31/h5,8-12,16,18,24,31H,6-7H2,1-4H3,(H,27,32)/t16?,18-/m1/s1. The average Bonchev–Trinajstić information content (AvgIpc) is 3.42. The molecule has 0 bridgehead atoms. The Morgan fingerprint density at radius 3 is 2.70 bits per heavy atom. The topological polar surface area (TPSA) is 119 Å². The van der Waals surface area contributed by atoms with E-state index in [1.54, 1.807) is 18.7 Å². The number of hydrogen-bond donors (Lipinski definition) is 3. The number of hydrogen-bond acceptors (Lipinski definition) is 7. The number of amides is 1. The van der Waals surface area contributed by atoms with Gasteiger partial charge in [-0.2, -0.15) is 14.6 Å². The molecular formula is C23H27N7O3. The van der Waals surface area contributed by atoms with Gasteiger partial charge in [-0.05, 0) is 32.8 Å². The lowest BCUT2D eigenvalue weighted by Crippen LogP contribution is -2.50. The lowest BCUT2D eigenvalue weighted by atomic mass is 9.89. The van der Waals surface area contributed by atoms with E-state index in [2.05, 4.69) is 39.1 Å². The van der Waals surface area contributed by atoms with Crippen molar-refractivity contribution in [2.24, 2.45) is 0 Å². The molecule has 0 spiro atoms. The minimum absolute atomic E-state index is 0.179. The fraction of sp³-hybridized carbons (Fsp3) is 0.391. The fourth-order valence-corrected chi connectivity index (χ4v) is 4.16. The number of ether oxygens (including phenoxy) is 1. The van der Waals surface area contributed by atoms with Crippen LogP contribution >= 0.6 is 0 Å². The zero-order valence-electron chi connectivity index (χ0n) is 19.0. The Kier molecular flexibility index (Phi) is 5.16. The first-order valence-electron chi connectivity index (χ1n) is 11.0. The van der Waals surface area contributed by atoms with Crippen LogP contribution in [0.5, 0.6) is 5.88 Å². The minimum atomic E-state index is -0.501. The van der Waals surface area contributed by atoms with Gasteiger partial charge in [0.2, 0.25) is 5.88 Å². The van der Waals surface area contributed by atoms with Gasteiger partial charge in [0, 0.05) is 42.4 Å². The number of nitrogens with zero attached hydrogens (tertiary/aromatic N) is 5. The molecule has 1 saturated carbocycles. The van der Waals surface area contributed by atoms with E-state index in [-0.39, 0.29) is 18.0 Å². The van der Waals surface area contributed by atoms with E-state index in [0.29, 0.717) is 35.0 Å². The molecule has 1 aliphatic rings. The summed E-state index contributed by atoms with van der Waals surface area (Å²) in [6.07, 6.45) is 4.50. The quantitative estimate of drug-likeness (QED) is 0.414. The lowest BCUT2D eigenvalue weighted by molar-refractivity contribution is 0.0448. The molecule has 3 N–H and O–H groups in total. The van der Waals surface area contributed by atoms with Gasteiger partial charge in [0.1, 0.15) is 17.0 Å². The SMILES string of the molecule is CNc1cc(-c2cn(C(C)C)c3nc(OC)ccc23)nc2c(C(=O)NC3CC[C@H]3O)cnn12. The van der Waals surface area contributed by atoms with Gasteiger partial charge in [0.15, 0.2) is 5.65 Å². The number of aliphatic hydroxyl groups excluding tert-OH is 1. The Morgan fingerprint density at radius 1 is 1.24 bits per heavy atom. The van der Waals surface area contributed by atoms with Crippen LogP contribution in [0.1, 0.15) is 43.1 Å². The number of carbonyl (C=O) groups is 1. The number of rotatable bonds is 6. The number of pyridine rings is 1. The van der Waals surface area contributed by atoms with Gasteiger partial charge in [0.05, 0.1) is 31.1 Å². The fourth-order valence-electron chi connectivity index (χ4n) is 4.16. The summed E-state index contributed by atoms with van der Waals surface area (Å²) in [6.45, 7) is 4.18. The summed E-state index contributed by atoms with van der Waals surface area (Å²) in [7, 11) is 3.40. The molecule has 1 amide bonds. The third-order valence-corrected chi connectivity index (χ3v) is 6.22. The van der Waals surface area contributed by atoms with Crippen molar-refractivity contribution < 1.29 is 14.6 Å². The van der Waals surface area contributed by atoms with Crippen LogP contribution in [-0.2, 0) is 0 Å². The molecule has 4 aromatic heterocycles. The molecular weight excluding hydrogens is 422 g/mol. The van der Waals surface area contributed by atoms with Crippen molar-refractivity contribution in [2.75, 3.05) is 19.5 Å². The van der Waals surface area contributed by atoms with Gasteiger partial charge in [-0.1, -0.05) is 0 Å². The Bertz CT molecular complexity index is 1360. The van der Waals surface area contributed by atoms with Crippen LogP contribution in [0.3, 0.4) is 0 Å². The van der Waals surface area contributed by atoms with Crippen LogP contribution in [-0.4, -0.2) is 61.5 Å². The molecule has 33 heavy (non-hydrogen) atoms. The summed E-state index contributed by atoms with van der Waals surface area (Å²) < 4.78 is 9.02. The highest BCUT2D eigenvalue weighted by Gasteiger charge is 2.31. The van der Waals surface area contributed by atoms with Gasteiger partial charge < -0.3 is 25.0 Å². The third kappa shape index (κ3) is 3.46. The number of aromatic nitrogens is 5. The van der Waals surface area contributed by atoms with Gasteiger partial charge >= 0.3 is 0 Å². The first kappa shape index (κ1) is 21.2. The molecule has 172 valence electrons. The molecule has 2 atom stereocenters. The van der Waals surface area contributed by atoms with Crippen LogP contribution in [0.2, 0.25) is 0 Å². The highest BCUT2D eigenvalue weighted by atomic mass is 16.5. The molecule has 10 nitrogen and oxygen atoms in total.